The maximum atomic E-state index is 13.5. The molecule has 0 unspecified atom stereocenters. The molecule has 0 fully saturated rings. The Kier molecular flexibility index (Phi) is 6.71. The summed E-state index contributed by atoms with van der Waals surface area (Å²) < 4.78 is 11.3. The summed E-state index contributed by atoms with van der Waals surface area (Å²) in [4.78, 5) is 31.4. The van der Waals surface area contributed by atoms with Gasteiger partial charge in [0.15, 0.2) is 5.76 Å². The van der Waals surface area contributed by atoms with Gasteiger partial charge in [-0.25, -0.2) is 9.78 Å². The van der Waals surface area contributed by atoms with Crippen LogP contribution in [-0.2, 0) is 9.53 Å². The molecule has 0 saturated heterocycles. The molecule has 1 atom stereocenters. The molecule has 6 nitrogen and oxygen atoms in total. The van der Waals surface area contributed by atoms with Crippen molar-refractivity contribution >= 4 is 51.7 Å². The minimum Gasteiger partial charge on any atom is -0.463 e. The first-order valence-corrected chi connectivity index (χ1v) is 11.7. The summed E-state index contributed by atoms with van der Waals surface area (Å²) in [5, 5.41) is 4.05. The SMILES string of the molecule is O=C(O[C@H](C(=O)Nc1cc(Cl)cc(Cl)c1)c1ccccc1)c1cc(-c2ccco2)nc2ccccc12. The molecule has 2 aromatic heterocycles. The predicted molar refractivity (Wildman–Crippen MR) is 139 cm³/mol. The molecule has 5 rings (SSSR count). The number of rotatable bonds is 6. The Balaban J connectivity index is 1.51. The van der Waals surface area contributed by atoms with Crippen LogP contribution in [0.2, 0.25) is 10.0 Å². The molecule has 1 N–H and O–H groups in total. The largest absolute Gasteiger partial charge is 0.463 e. The van der Waals surface area contributed by atoms with E-state index in [-0.39, 0.29) is 5.56 Å². The van der Waals surface area contributed by atoms with Gasteiger partial charge >= 0.3 is 5.97 Å². The van der Waals surface area contributed by atoms with Crippen molar-refractivity contribution in [2.75, 3.05) is 5.32 Å². The summed E-state index contributed by atoms with van der Waals surface area (Å²) in [6, 6.07) is 25.7. The number of fused-ring (bicyclic) bond motifs is 1. The Labute approximate surface area is 216 Å². The number of furan rings is 1. The smallest absolute Gasteiger partial charge is 0.340 e. The number of anilines is 1. The Morgan fingerprint density at radius 2 is 1.58 bits per heavy atom. The average molecular weight is 517 g/mol. The van der Waals surface area contributed by atoms with Crippen molar-refractivity contribution in [3.05, 3.63) is 118 Å². The topological polar surface area (TPSA) is 81.4 Å². The Bertz CT molecular complexity index is 1530. The highest BCUT2D eigenvalue weighted by Gasteiger charge is 2.27. The molecular formula is C28H18Cl2N2O4. The zero-order valence-electron chi connectivity index (χ0n) is 18.7. The van der Waals surface area contributed by atoms with E-state index in [9.17, 15) is 9.59 Å². The first kappa shape index (κ1) is 23.6. The van der Waals surface area contributed by atoms with Crippen LogP contribution >= 0.6 is 23.2 Å². The van der Waals surface area contributed by atoms with Crippen LogP contribution in [0.25, 0.3) is 22.4 Å². The van der Waals surface area contributed by atoms with Gasteiger partial charge in [0.25, 0.3) is 5.91 Å². The van der Waals surface area contributed by atoms with E-state index in [0.29, 0.717) is 43.7 Å². The molecule has 2 heterocycles. The lowest BCUT2D eigenvalue weighted by Crippen LogP contribution is -2.26. The van der Waals surface area contributed by atoms with E-state index >= 15 is 0 Å². The number of nitrogens with zero attached hydrogens (tertiary/aromatic N) is 1. The number of pyridine rings is 1. The molecular weight excluding hydrogens is 499 g/mol. The molecule has 178 valence electrons. The molecule has 0 aliphatic carbocycles. The van der Waals surface area contributed by atoms with Crippen molar-refractivity contribution in [2.24, 2.45) is 0 Å². The van der Waals surface area contributed by atoms with Gasteiger partial charge in [0, 0.05) is 26.7 Å². The lowest BCUT2D eigenvalue weighted by Gasteiger charge is -2.19. The van der Waals surface area contributed by atoms with E-state index < -0.39 is 18.0 Å². The zero-order valence-corrected chi connectivity index (χ0v) is 20.2. The first-order valence-electron chi connectivity index (χ1n) is 10.9. The normalized spacial score (nSPS) is 11.7. The van der Waals surface area contributed by atoms with Crippen LogP contribution < -0.4 is 5.32 Å². The highest BCUT2D eigenvalue weighted by Crippen LogP contribution is 2.29. The number of amides is 1. The van der Waals surface area contributed by atoms with Crippen LogP contribution in [0.15, 0.2) is 102 Å². The minimum atomic E-state index is -1.24. The fraction of sp³-hybridized carbons (Fsp3) is 0.0357. The second kappa shape index (κ2) is 10.2. The lowest BCUT2D eigenvalue weighted by molar-refractivity contribution is -0.125. The van der Waals surface area contributed by atoms with Gasteiger partial charge in [0.2, 0.25) is 6.10 Å². The van der Waals surface area contributed by atoms with Crippen LogP contribution in [0.5, 0.6) is 0 Å². The van der Waals surface area contributed by atoms with E-state index in [2.05, 4.69) is 10.3 Å². The van der Waals surface area contributed by atoms with Gasteiger partial charge in [-0.1, -0.05) is 71.7 Å². The average Bonchev–Trinajstić information content (AvgIpc) is 3.41. The van der Waals surface area contributed by atoms with Crippen molar-refractivity contribution in [1.82, 2.24) is 4.98 Å². The van der Waals surface area contributed by atoms with E-state index in [1.807, 2.05) is 12.1 Å². The predicted octanol–water partition coefficient (Wildman–Crippen LogP) is 7.34. The number of hydrogen-bond donors (Lipinski definition) is 1. The number of hydrogen-bond acceptors (Lipinski definition) is 5. The molecule has 0 radical (unpaired) electrons. The lowest BCUT2D eigenvalue weighted by atomic mass is 10.1. The molecule has 3 aromatic carbocycles. The number of ether oxygens (including phenoxy) is 1. The number of benzene rings is 3. The number of carbonyl (C=O) groups is 2. The van der Waals surface area contributed by atoms with Crippen LogP contribution in [0.4, 0.5) is 5.69 Å². The monoisotopic (exact) mass is 516 g/mol. The summed E-state index contributed by atoms with van der Waals surface area (Å²) in [7, 11) is 0. The van der Waals surface area contributed by atoms with Gasteiger partial charge in [-0.05, 0) is 42.5 Å². The quantitative estimate of drug-likeness (QED) is 0.239. The Morgan fingerprint density at radius 1 is 0.861 bits per heavy atom. The van der Waals surface area contributed by atoms with Crippen LogP contribution in [0, 0.1) is 0 Å². The first-order chi connectivity index (χ1) is 17.5. The van der Waals surface area contributed by atoms with E-state index in [0.717, 1.165) is 0 Å². The third-order valence-corrected chi connectivity index (χ3v) is 5.84. The molecule has 0 saturated carbocycles. The number of carbonyl (C=O) groups excluding carboxylic acids is 2. The van der Waals surface area contributed by atoms with E-state index in [1.54, 1.807) is 78.9 Å². The molecule has 1 amide bonds. The van der Waals surface area contributed by atoms with Gasteiger partial charge in [-0.3, -0.25) is 4.79 Å². The van der Waals surface area contributed by atoms with Crippen molar-refractivity contribution in [3.63, 3.8) is 0 Å². The van der Waals surface area contributed by atoms with E-state index in [1.165, 1.54) is 6.26 Å². The highest BCUT2D eigenvalue weighted by molar-refractivity contribution is 6.35. The molecule has 0 aliphatic rings. The van der Waals surface area contributed by atoms with Crippen molar-refractivity contribution in [3.8, 4) is 11.5 Å². The standard InChI is InChI=1S/C28H18Cl2N2O4/c29-18-13-19(30)15-20(14-18)31-27(33)26(17-7-2-1-3-8-17)36-28(34)22-16-24(25-11-6-12-35-25)32-23-10-5-4-9-21(22)23/h1-16,26H,(H,31,33)/t26-/m0/s1. The van der Waals surface area contributed by atoms with Gasteiger partial charge in [-0.15, -0.1) is 0 Å². The van der Waals surface area contributed by atoms with Crippen molar-refractivity contribution < 1.29 is 18.7 Å². The second-order valence-electron chi connectivity index (χ2n) is 7.89. The van der Waals surface area contributed by atoms with Crippen molar-refractivity contribution in [1.29, 1.82) is 0 Å². The van der Waals surface area contributed by atoms with Gasteiger partial charge < -0.3 is 14.5 Å². The highest BCUT2D eigenvalue weighted by atomic mass is 35.5. The second-order valence-corrected chi connectivity index (χ2v) is 8.77. The van der Waals surface area contributed by atoms with Gasteiger partial charge in [0.1, 0.15) is 5.69 Å². The molecule has 5 aromatic rings. The minimum absolute atomic E-state index is 0.256. The van der Waals surface area contributed by atoms with Gasteiger partial charge in [-0.2, -0.15) is 0 Å². The summed E-state index contributed by atoms with van der Waals surface area (Å²) in [6.45, 7) is 0. The van der Waals surface area contributed by atoms with E-state index in [4.69, 9.17) is 32.4 Å². The number of esters is 1. The maximum absolute atomic E-state index is 13.5. The summed E-state index contributed by atoms with van der Waals surface area (Å²) in [5.41, 5.74) is 2.20. The Hall–Kier alpha value is -4.13. The summed E-state index contributed by atoms with van der Waals surface area (Å²) in [6.07, 6.45) is 0.289. The molecule has 0 aliphatic heterocycles. The Morgan fingerprint density at radius 3 is 2.31 bits per heavy atom. The van der Waals surface area contributed by atoms with Gasteiger partial charge in [0.05, 0.1) is 17.3 Å². The van der Waals surface area contributed by atoms with Crippen LogP contribution in [0.1, 0.15) is 22.0 Å². The fourth-order valence-corrected chi connectivity index (χ4v) is 4.33. The fourth-order valence-electron chi connectivity index (χ4n) is 3.80. The molecule has 36 heavy (non-hydrogen) atoms. The summed E-state index contributed by atoms with van der Waals surface area (Å²) in [5.74, 6) is -0.739. The third-order valence-electron chi connectivity index (χ3n) is 5.41. The summed E-state index contributed by atoms with van der Waals surface area (Å²) >= 11 is 12.1. The van der Waals surface area contributed by atoms with Crippen LogP contribution in [0.3, 0.4) is 0 Å². The third kappa shape index (κ3) is 5.10. The number of nitrogens with one attached hydrogen (secondary N) is 1. The molecule has 8 heteroatoms. The van der Waals surface area contributed by atoms with Crippen molar-refractivity contribution in [2.45, 2.75) is 6.10 Å². The van der Waals surface area contributed by atoms with Crippen LogP contribution in [-0.4, -0.2) is 16.9 Å². The maximum Gasteiger partial charge on any atom is 0.340 e. The number of para-hydroxylation sites is 1. The molecule has 0 bridgehead atoms. The zero-order chi connectivity index (χ0) is 25.1. The number of halogens is 2. The molecule has 0 spiro atoms. The number of aromatic nitrogens is 1.